The minimum Gasteiger partial charge on any atom is -0.495 e. The highest BCUT2D eigenvalue weighted by Crippen LogP contribution is 2.35. The summed E-state index contributed by atoms with van der Waals surface area (Å²) in [5, 5.41) is 9.56. The molecule has 1 saturated heterocycles. The Hall–Kier alpha value is -2.32. The fourth-order valence-electron chi connectivity index (χ4n) is 2.99. The number of carboxylic acid groups (broad SMARTS) is 1. The quantitative estimate of drug-likeness (QED) is 0.708. The maximum absolute atomic E-state index is 12.8. The number of carbonyl (C=O) groups is 3. The lowest BCUT2D eigenvalue weighted by atomic mass is 10.1. The van der Waals surface area contributed by atoms with Crippen LogP contribution in [0.2, 0.25) is 5.02 Å². The van der Waals surface area contributed by atoms with E-state index in [4.69, 9.17) is 21.4 Å². The first-order chi connectivity index (χ1) is 12.7. The van der Waals surface area contributed by atoms with E-state index in [9.17, 15) is 14.4 Å². The van der Waals surface area contributed by atoms with Gasteiger partial charge in [-0.2, -0.15) is 0 Å². The summed E-state index contributed by atoms with van der Waals surface area (Å²) in [6.07, 6.45) is 0.0204. The summed E-state index contributed by atoms with van der Waals surface area (Å²) in [4.78, 5) is 41.1. The number of aliphatic carboxylic acids is 1. The molecule has 1 atom stereocenters. The van der Waals surface area contributed by atoms with E-state index in [2.05, 4.69) is 0 Å². The van der Waals surface area contributed by atoms with Crippen LogP contribution in [0.25, 0.3) is 0 Å². The molecule has 0 bridgehead atoms. The van der Waals surface area contributed by atoms with E-state index >= 15 is 0 Å². The van der Waals surface area contributed by atoms with Crippen molar-refractivity contribution >= 4 is 35.1 Å². The van der Waals surface area contributed by atoms with Crippen molar-refractivity contribution in [2.45, 2.75) is 6.42 Å². The number of halogens is 1. The molecule has 0 spiro atoms. The predicted octanol–water partition coefficient (Wildman–Crippen LogP) is 1.18. The summed E-state index contributed by atoms with van der Waals surface area (Å²) in [6, 6.07) is 4.93. The fourth-order valence-corrected chi connectivity index (χ4v) is 3.16. The Kier molecular flexibility index (Phi) is 7.04. The van der Waals surface area contributed by atoms with Crippen LogP contribution in [0, 0.1) is 5.92 Å². The summed E-state index contributed by atoms with van der Waals surface area (Å²) in [5.41, 5.74) is 0.503. The number of nitrogens with zero attached hydrogens (tertiary/aromatic N) is 3. The zero-order valence-corrected chi connectivity index (χ0v) is 16.4. The number of carboxylic acids is 1. The number of rotatable bonds is 8. The summed E-state index contributed by atoms with van der Waals surface area (Å²) in [5.74, 6) is -1.77. The molecular weight excluding hydrogens is 374 g/mol. The zero-order chi connectivity index (χ0) is 20.1. The highest BCUT2D eigenvalue weighted by atomic mass is 35.5. The van der Waals surface area contributed by atoms with Crippen molar-refractivity contribution in [2.24, 2.45) is 5.92 Å². The van der Waals surface area contributed by atoms with E-state index in [1.165, 1.54) is 16.9 Å². The van der Waals surface area contributed by atoms with Crippen LogP contribution in [0.4, 0.5) is 5.69 Å². The minimum absolute atomic E-state index is 0.0204. The molecule has 1 aromatic carbocycles. The van der Waals surface area contributed by atoms with E-state index in [1.807, 2.05) is 19.0 Å². The molecule has 1 aliphatic rings. The Bertz CT molecular complexity index is 725. The molecule has 0 aliphatic carbocycles. The van der Waals surface area contributed by atoms with Gasteiger partial charge in [-0.05, 0) is 32.3 Å². The van der Waals surface area contributed by atoms with Gasteiger partial charge in [-0.3, -0.25) is 14.4 Å². The third-order valence-corrected chi connectivity index (χ3v) is 4.60. The Balaban J connectivity index is 2.18. The molecule has 1 aliphatic heterocycles. The van der Waals surface area contributed by atoms with Crippen LogP contribution in [0.3, 0.4) is 0 Å². The normalized spacial score (nSPS) is 16.7. The average molecular weight is 398 g/mol. The monoisotopic (exact) mass is 397 g/mol. The number of hydrogen-bond acceptors (Lipinski definition) is 5. The lowest BCUT2D eigenvalue weighted by Crippen LogP contribution is -2.43. The number of amides is 2. The predicted molar refractivity (Wildman–Crippen MR) is 101 cm³/mol. The molecule has 148 valence electrons. The second-order valence-corrected chi connectivity index (χ2v) is 7.11. The molecule has 1 fully saturated rings. The molecule has 0 aromatic heterocycles. The molecule has 2 amide bonds. The summed E-state index contributed by atoms with van der Waals surface area (Å²) >= 11 is 6.04. The summed E-state index contributed by atoms with van der Waals surface area (Å²) in [6.45, 7) is 0.582. The summed E-state index contributed by atoms with van der Waals surface area (Å²) < 4.78 is 5.29. The third-order valence-electron chi connectivity index (χ3n) is 4.36. The van der Waals surface area contributed by atoms with Gasteiger partial charge in [0.05, 0.1) is 18.7 Å². The van der Waals surface area contributed by atoms with Crippen molar-refractivity contribution in [3.8, 4) is 5.75 Å². The van der Waals surface area contributed by atoms with Crippen LogP contribution in [-0.4, -0.2) is 80.1 Å². The minimum atomic E-state index is -1.08. The highest BCUT2D eigenvalue weighted by molar-refractivity contribution is 6.31. The van der Waals surface area contributed by atoms with Crippen molar-refractivity contribution in [3.05, 3.63) is 23.2 Å². The van der Waals surface area contributed by atoms with Gasteiger partial charge in [0, 0.05) is 31.1 Å². The molecule has 0 radical (unpaired) electrons. The SMILES string of the molecule is COc1ccc(Cl)cc1N1C[C@@H](C(=O)N(CCN(C)C)CC(=O)O)CC1=O. The van der Waals surface area contributed by atoms with Crippen LogP contribution in [0.15, 0.2) is 18.2 Å². The van der Waals surface area contributed by atoms with Crippen LogP contribution in [-0.2, 0) is 14.4 Å². The first-order valence-corrected chi connectivity index (χ1v) is 8.90. The molecule has 0 saturated carbocycles. The lowest BCUT2D eigenvalue weighted by Gasteiger charge is -2.25. The van der Waals surface area contributed by atoms with Crippen molar-refractivity contribution in [1.82, 2.24) is 9.80 Å². The molecule has 0 unspecified atom stereocenters. The van der Waals surface area contributed by atoms with Gasteiger partial charge >= 0.3 is 5.97 Å². The molecule has 8 nitrogen and oxygen atoms in total. The molecule has 9 heteroatoms. The van der Waals surface area contributed by atoms with Crippen LogP contribution in [0.1, 0.15) is 6.42 Å². The van der Waals surface area contributed by atoms with Gasteiger partial charge < -0.3 is 24.5 Å². The highest BCUT2D eigenvalue weighted by Gasteiger charge is 2.38. The van der Waals surface area contributed by atoms with Crippen LogP contribution in [0.5, 0.6) is 5.75 Å². The van der Waals surface area contributed by atoms with Gasteiger partial charge in [0.25, 0.3) is 0 Å². The Morgan fingerprint density at radius 3 is 2.63 bits per heavy atom. The van der Waals surface area contributed by atoms with Gasteiger partial charge in [-0.25, -0.2) is 0 Å². The van der Waals surface area contributed by atoms with E-state index in [-0.39, 0.29) is 31.3 Å². The van der Waals surface area contributed by atoms with Gasteiger partial charge in [0.2, 0.25) is 11.8 Å². The zero-order valence-electron chi connectivity index (χ0n) is 15.6. The maximum atomic E-state index is 12.8. The third kappa shape index (κ3) is 5.33. The number of hydrogen-bond donors (Lipinski definition) is 1. The standard InChI is InChI=1S/C18H24ClN3O5/c1-20(2)6-7-21(11-17(24)25)18(26)12-8-16(23)22(10-12)14-9-13(19)4-5-15(14)27-3/h4-5,9,12H,6-8,10-11H2,1-3H3,(H,24,25)/t12-/m0/s1. The van der Waals surface area contributed by atoms with Gasteiger partial charge in [-0.1, -0.05) is 11.6 Å². The number of ether oxygens (including phenoxy) is 1. The number of anilines is 1. The largest absolute Gasteiger partial charge is 0.495 e. The van der Waals surface area contributed by atoms with E-state index in [0.717, 1.165) is 0 Å². The average Bonchev–Trinajstić information content (AvgIpc) is 2.99. The van der Waals surface area contributed by atoms with Crippen molar-refractivity contribution in [3.63, 3.8) is 0 Å². The van der Waals surface area contributed by atoms with E-state index in [1.54, 1.807) is 18.2 Å². The van der Waals surface area contributed by atoms with E-state index < -0.39 is 18.4 Å². The van der Waals surface area contributed by atoms with Crippen molar-refractivity contribution in [1.29, 1.82) is 0 Å². The van der Waals surface area contributed by atoms with Gasteiger partial charge in [0.15, 0.2) is 0 Å². The van der Waals surface area contributed by atoms with Crippen LogP contribution < -0.4 is 9.64 Å². The summed E-state index contributed by atoms with van der Waals surface area (Å²) in [7, 11) is 5.18. The van der Waals surface area contributed by atoms with Crippen LogP contribution >= 0.6 is 11.6 Å². The molecular formula is C18H24ClN3O5. The maximum Gasteiger partial charge on any atom is 0.323 e. The van der Waals surface area contributed by atoms with Crippen molar-refractivity contribution in [2.75, 3.05) is 52.3 Å². The topological polar surface area (TPSA) is 90.4 Å². The lowest BCUT2D eigenvalue weighted by molar-refractivity contribution is -0.146. The molecule has 1 aromatic rings. The fraction of sp³-hybridized carbons (Fsp3) is 0.500. The Morgan fingerprint density at radius 1 is 1.33 bits per heavy atom. The number of benzene rings is 1. The van der Waals surface area contributed by atoms with Crippen molar-refractivity contribution < 1.29 is 24.2 Å². The first kappa shape index (κ1) is 21.0. The second kappa shape index (κ2) is 9.05. The number of carbonyl (C=O) groups excluding carboxylic acids is 2. The smallest absolute Gasteiger partial charge is 0.323 e. The molecule has 1 heterocycles. The second-order valence-electron chi connectivity index (χ2n) is 6.68. The molecule has 1 N–H and O–H groups in total. The number of likely N-dealkylation sites (N-methyl/N-ethyl adjacent to an activating group) is 1. The van der Waals surface area contributed by atoms with Gasteiger partial charge in [-0.15, -0.1) is 0 Å². The molecule has 2 rings (SSSR count). The molecule has 27 heavy (non-hydrogen) atoms. The van der Waals surface area contributed by atoms with Gasteiger partial charge in [0.1, 0.15) is 12.3 Å². The first-order valence-electron chi connectivity index (χ1n) is 8.52. The Labute approximate surface area is 163 Å². The Morgan fingerprint density at radius 2 is 2.04 bits per heavy atom. The number of methoxy groups -OCH3 is 1. The van der Waals surface area contributed by atoms with E-state index in [0.29, 0.717) is 23.0 Å².